The molecule has 9 heteroatoms. The van der Waals surface area contributed by atoms with Crippen molar-refractivity contribution in [1.29, 1.82) is 0 Å². The number of carbonyl (C=O) groups excluding carboxylic acids is 2. The number of nitrogens with two attached hydrogens (primary N) is 5. The van der Waals surface area contributed by atoms with E-state index in [1.54, 1.807) is 24.3 Å². The van der Waals surface area contributed by atoms with Crippen LogP contribution in [0.2, 0.25) is 0 Å². The quantitative estimate of drug-likeness (QED) is 0.164. The molecule has 0 heterocycles. The summed E-state index contributed by atoms with van der Waals surface area (Å²) in [6.07, 6.45) is 0.915. The molecular formula is C19H23N7O2. The lowest BCUT2D eigenvalue weighted by Gasteiger charge is -2.40. The maximum Gasteiger partial charge on any atom is 0.248 e. The van der Waals surface area contributed by atoms with Gasteiger partial charge in [-0.3, -0.25) is 9.59 Å². The highest BCUT2D eigenvalue weighted by Crippen LogP contribution is 2.44. The van der Waals surface area contributed by atoms with Crippen molar-refractivity contribution in [2.75, 3.05) is 6.54 Å². The summed E-state index contributed by atoms with van der Waals surface area (Å²) in [5, 5.41) is 4.04. The van der Waals surface area contributed by atoms with Crippen LogP contribution in [0.25, 0.3) is 0 Å². The lowest BCUT2D eigenvalue weighted by Crippen LogP contribution is -2.48. The van der Waals surface area contributed by atoms with E-state index in [2.05, 4.69) is 10.6 Å². The standard InChI is InChI=1S/C19H23N7O2/c20-6-5-19(18(23)25-26-24)14-3-1-10(16(21)27)7-12(14)9-13-8-11(17(22)28)2-4-15(13)19/h1-4,7-8,26H,5-6,9,20,24H2,(H2,21,27)(H2,22,28)(H2,23,25). The number of nitrogens with one attached hydrogen (secondary N) is 1. The van der Waals surface area contributed by atoms with Crippen molar-refractivity contribution >= 4 is 17.6 Å². The van der Waals surface area contributed by atoms with Crippen LogP contribution in [0.3, 0.4) is 0 Å². The first kappa shape index (κ1) is 19.3. The fourth-order valence-corrected chi connectivity index (χ4v) is 4.02. The first-order chi connectivity index (χ1) is 13.3. The molecule has 0 unspecified atom stereocenters. The largest absolute Gasteiger partial charge is 0.385 e. The molecule has 11 N–H and O–H groups in total. The van der Waals surface area contributed by atoms with Crippen molar-refractivity contribution < 1.29 is 9.59 Å². The number of hydrogen-bond donors (Lipinski definition) is 6. The highest BCUT2D eigenvalue weighted by Gasteiger charge is 2.44. The average Bonchev–Trinajstić information content (AvgIpc) is 2.66. The first-order valence-corrected chi connectivity index (χ1v) is 8.71. The first-order valence-electron chi connectivity index (χ1n) is 8.71. The normalized spacial score (nSPS) is 14.7. The van der Waals surface area contributed by atoms with Gasteiger partial charge in [-0.05, 0) is 65.9 Å². The number of amides is 2. The number of amidine groups is 1. The van der Waals surface area contributed by atoms with Gasteiger partial charge >= 0.3 is 0 Å². The van der Waals surface area contributed by atoms with Crippen LogP contribution in [0.5, 0.6) is 0 Å². The smallest absolute Gasteiger partial charge is 0.248 e. The predicted molar refractivity (Wildman–Crippen MR) is 106 cm³/mol. The van der Waals surface area contributed by atoms with E-state index >= 15 is 0 Å². The summed E-state index contributed by atoms with van der Waals surface area (Å²) in [4.78, 5) is 23.3. The van der Waals surface area contributed by atoms with Crippen molar-refractivity contribution in [3.05, 3.63) is 69.8 Å². The monoisotopic (exact) mass is 381 g/mol. The van der Waals surface area contributed by atoms with E-state index in [9.17, 15) is 9.59 Å². The fraction of sp³-hybridized carbons (Fsp3) is 0.211. The second-order valence-electron chi connectivity index (χ2n) is 6.72. The second-order valence-corrected chi connectivity index (χ2v) is 6.72. The lowest BCUT2D eigenvalue weighted by atomic mass is 9.63. The molecule has 28 heavy (non-hydrogen) atoms. The topological polar surface area (TPSA) is 189 Å². The van der Waals surface area contributed by atoms with Gasteiger partial charge in [-0.1, -0.05) is 12.1 Å². The summed E-state index contributed by atoms with van der Waals surface area (Å²) in [5.74, 6) is 4.54. The maximum atomic E-state index is 11.7. The molecule has 0 radical (unpaired) electrons. The van der Waals surface area contributed by atoms with Gasteiger partial charge < -0.3 is 22.9 Å². The summed E-state index contributed by atoms with van der Waals surface area (Å²) in [6.45, 7) is 0.314. The van der Waals surface area contributed by atoms with Crippen molar-refractivity contribution in [3.8, 4) is 0 Å². The Hall–Kier alpha value is -3.43. The number of fused-ring (bicyclic) bond motifs is 2. The molecule has 0 saturated carbocycles. The third kappa shape index (κ3) is 2.96. The lowest BCUT2D eigenvalue weighted by molar-refractivity contribution is 0.0992. The van der Waals surface area contributed by atoms with Gasteiger partial charge in [-0.2, -0.15) is 5.10 Å². The van der Waals surface area contributed by atoms with Gasteiger partial charge in [0.2, 0.25) is 11.8 Å². The summed E-state index contributed by atoms with van der Waals surface area (Å²) in [6, 6.07) is 10.4. The molecule has 3 rings (SSSR count). The van der Waals surface area contributed by atoms with Gasteiger partial charge in [0.1, 0.15) is 5.84 Å². The summed E-state index contributed by atoms with van der Waals surface area (Å²) in [7, 11) is 0. The van der Waals surface area contributed by atoms with Crippen LogP contribution in [0.15, 0.2) is 41.5 Å². The molecule has 0 aliphatic heterocycles. The Morgan fingerprint density at radius 1 is 0.964 bits per heavy atom. The van der Waals surface area contributed by atoms with Gasteiger partial charge in [0.05, 0.1) is 5.41 Å². The molecule has 0 bridgehead atoms. The Morgan fingerprint density at radius 3 is 1.86 bits per heavy atom. The number of carbonyl (C=O) groups is 2. The molecule has 0 atom stereocenters. The number of nitrogens with zero attached hydrogens (tertiary/aromatic N) is 1. The average molecular weight is 381 g/mol. The molecule has 146 valence electrons. The highest BCUT2D eigenvalue weighted by molar-refractivity contribution is 5.99. The zero-order valence-corrected chi connectivity index (χ0v) is 15.2. The van der Waals surface area contributed by atoms with E-state index in [0.717, 1.165) is 22.3 Å². The Morgan fingerprint density at radius 2 is 1.46 bits per heavy atom. The molecule has 2 aromatic carbocycles. The number of benzene rings is 2. The molecule has 0 saturated heterocycles. The number of hydrazone groups is 1. The molecule has 0 fully saturated rings. The summed E-state index contributed by atoms with van der Waals surface area (Å²) in [5.41, 5.74) is 28.7. The molecule has 2 amide bonds. The molecular weight excluding hydrogens is 358 g/mol. The van der Waals surface area contributed by atoms with Gasteiger partial charge in [0.25, 0.3) is 0 Å². The fourth-order valence-electron chi connectivity index (χ4n) is 4.02. The number of hydrogen-bond acceptors (Lipinski definition) is 6. The van der Waals surface area contributed by atoms with Gasteiger partial charge in [0.15, 0.2) is 0 Å². The van der Waals surface area contributed by atoms with Crippen molar-refractivity contribution in [1.82, 2.24) is 5.53 Å². The van der Waals surface area contributed by atoms with Gasteiger partial charge in [0, 0.05) is 11.1 Å². The number of primary amides is 2. The molecule has 0 aromatic heterocycles. The van der Waals surface area contributed by atoms with Crippen LogP contribution in [0.4, 0.5) is 0 Å². The molecule has 0 spiro atoms. The number of rotatable bonds is 6. The Labute approximate surface area is 161 Å². The van der Waals surface area contributed by atoms with E-state index in [-0.39, 0.29) is 5.84 Å². The summed E-state index contributed by atoms with van der Waals surface area (Å²) < 4.78 is 0. The molecule has 9 nitrogen and oxygen atoms in total. The van der Waals surface area contributed by atoms with Crippen LogP contribution in [-0.4, -0.2) is 24.2 Å². The minimum Gasteiger partial charge on any atom is -0.385 e. The maximum absolute atomic E-state index is 11.7. The van der Waals surface area contributed by atoms with Gasteiger partial charge in [-0.15, -0.1) is 0 Å². The Kier molecular flexibility index (Phi) is 5.04. The molecule has 1 aliphatic carbocycles. The third-order valence-corrected chi connectivity index (χ3v) is 5.22. The van der Waals surface area contributed by atoms with E-state index in [4.69, 9.17) is 28.8 Å². The molecule has 2 aromatic rings. The predicted octanol–water partition coefficient (Wildman–Crippen LogP) is -0.841. The SMILES string of the molecule is NCCC1(/C(N)=N/NN)c2ccc(C(N)=O)cc2Cc2cc(C(N)=O)ccc21. The van der Waals surface area contributed by atoms with E-state index in [0.29, 0.717) is 30.5 Å². The van der Waals surface area contributed by atoms with Crippen LogP contribution >= 0.6 is 0 Å². The minimum absolute atomic E-state index is 0.223. The van der Waals surface area contributed by atoms with Crippen molar-refractivity contribution in [2.45, 2.75) is 18.3 Å². The minimum atomic E-state index is -0.879. The second kappa shape index (κ2) is 7.29. The van der Waals surface area contributed by atoms with Crippen molar-refractivity contribution in [3.63, 3.8) is 0 Å². The van der Waals surface area contributed by atoms with Crippen LogP contribution in [0.1, 0.15) is 49.4 Å². The highest BCUT2D eigenvalue weighted by atomic mass is 16.1. The van der Waals surface area contributed by atoms with Crippen LogP contribution < -0.4 is 34.3 Å². The zero-order valence-electron chi connectivity index (χ0n) is 15.2. The van der Waals surface area contributed by atoms with Crippen LogP contribution in [-0.2, 0) is 11.8 Å². The third-order valence-electron chi connectivity index (χ3n) is 5.22. The number of hydrazine groups is 1. The molecule has 1 aliphatic rings. The van der Waals surface area contributed by atoms with Gasteiger partial charge in [-0.25, -0.2) is 11.4 Å². The Bertz CT molecular complexity index is 921. The van der Waals surface area contributed by atoms with E-state index in [1.807, 2.05) is 12.1 Å². The van der Waals surface area contributed by atoms with Crippen molar-refractivity contribution in [2.24, 2.45) is 33.9 Å². The Balaban J connectivity index is 2.36. The van der Waals surface area contributed by atoms with E-state index < -0.39 is 17.2 Å². The summed E-state index contributed by atoms with van der Waals surface area (Å²) >= 11 is 0. The van der Waals surface area contributed by atoms with Crippen LogP contribution in [0, 0.1) is 0 Å². The van der Waals surface area contributed by atoms with E-state index in [1.165, 1.54) is 0 Å². The zero-order chi connectivity index (χ0) is 20.5.